The Labute approximate surface area is 115 Å². The molecule has 7 heteroatoms. The van der Waals surface area contributed by atoms with Gasteiger partial charge in [0.05, 0.1) is 16.6 Å². The summed E-state index contributed by atoms with van der Waals surface area (Å²) in [6.07, 6.45) is 4.18. The van der Waals surface area contributed by atoms with Crippen LogP contribution in [0.5, 0.6) is 0 Å². The minimum atomic E-state index is -0.468. The highest BCUT2D eigenvalue weighted by Crippen LogP contribution is 2.25. The van der Waals surface area contributed by atoms with Crippen LogP contribution in [0.4, 0.5) is 11.4 Å². The number of nitrogens with one attached hydrogen (secondary N) is 1. The van der Waals surface area contributed by atoms with Gasteiger partial charge < -0.3 is 9.88 Å². The van der Waals surface area contributed by atoms with E-state index in [4.69, 9.17) is 5.26 Å². The van der Waals surface area contributed by atoms with Gasteiger partial charge in [-0.15, -0.1) is 0 Å². The van der Waals surface area contributed by atoms with Crippen LogP contribution in [0.3, 0.4) is 0 Å². The van der Waals surface area contributed by atoms with Crippen LogP contribution in [-0.4, -0.2) is 21.0 Å². The fourth-order valence-corrected chi connectivity index (χ4v) is 1.85. The molecule has 0 saturated heterocycles. The van der Waals surface area contributed by atoms with Gasteiger partial charge in [-0.25, -0.2) is 4.98 Å². The number of nitro groups is 1. The lowest BCUT2D eigenvalue weighted by Gasteiger charge is -2.07. The predicted octanol–water partition coefficient (Wildman–Crippen LogP) is 1.85. The third-order valence-corrected chi connectivity index (χ3v) is 2.91. The summed E-state index contributed by atoms with van der Waals surface area (Å²) in [6, 6.07) is 6.22. The van der Waals surface area contributed by atoms with Crippen LogP contribution < -0.4 is 5.32 Å². The quantitative estimate of drug-likeness (QED) is 0.661. The minimum Gasteiger partial charge on any atom is -0.379 e. The molecule has 0 saturated carbocycles. The van der Waals surface area contributed by atoms with Gasteiger partial charge in [0.25, 0.3) is 5.69 Å². The molecule has 0 unspecified atom stereocenters. The summed E-state index contributed by atoms with van der Waals surface area (Å²) >= 11 is 0. The molecule has 0 radical (unpaired) electrons. The summed E-state index contributed by atoms with van der Waals surface area (Å²) in [4.78, 5) is 14.6. The molecule has 0 atom stereocenters. The Morgan fingerprint density at radius 2 is 2.35 bits per heavy atom. The van der Waals surface area contributed by atoms with Crippen LogP contribution in [0.1, 0.15) is 11.4 Å². The first-order chi connectivity index (χ1) is 9.61. The van der Waals surface area contributed by atoms with Crippen molar-refractivity contribution in [2.24, 2.45) is 7.05 Å². The summed E-state index contributed by atoms with van der Waals surface area (Å²) < 4.78 is 1.89. The highest BCUT2D eigenvalue weighted by atomic mass is 16.6. The first-order valence-electron chi connectivity index (χ1n) is 6.00. The molecule has 20 heavy (non-hydrogen) atoms. The largest absolute Gasteiger partial charge is 0.379 e. The highest BCUT2D eigenvalue weighted by molar-refractivity contribution is 5.64. The van der Waals surface area contributed by atoms with Crippen molar-refractivity contribution in [1.29, 1.82) is 5.26 Å². The van der Waals surface area contributed by atoms with Gasteiger partial charge in [-0.3, -0.25) is 10.1 Å². The summed E-state index contributed by atoms with van der Waals surface area (Å²) in [7, 11) is 1.89. The van der Waals surface area contributed by atoms with Crippen LogP contribution in [0.15, 0.2) is 30.6 Å². The zero-order valence-electron chi connectivity index (χ0n) is 10.9. The maximum absolute atomic E-state index is 10.9. The van der Waals surface area contributed by atoms with Crippen LogP contribution >= 0.6 is 0 Å². The number of benzene rings is 1. The number of rotatable bonds is 5. The molecule has 2 aromatic rings. The van der Waals surface area contributed by atoms with Gasteiger partial charge in [-0.2, -0.15) is 5.26 Å². The molecule has 2 rings (SSSR count). The number of nitriles is 1. The number of hydrogen-bond acceptors (Lipinski definition) is 5. The summed E-state index contributed by atoms with van der Waals surface area (Å²) in [5.41, 5.74) is 0.696. The number of nitrogens with zero attached hydrogens (tertiary/aromatic N) is 4. The Morgan fingerprint density at radius 3 is 2.95 bits per heavy atom. The molecule has 0 amide bonds. The van der Waals surface area contributed by atoms with Crippen molar-refractivity contribution in [3.63, 3.8) is 0 Å². The third kappa shape index (κ3) is 2.92. The molecule has 0 fully saturated rings. The molecule has 102 valence electrons. The van der Waals surface area contributed by atoms with Crippen molar-refractivity contribution in [2.75, 3.05) is 11.9 Å². The SMILES string of the molecule is Cn1ccnc1CCNc1cc(C#N)ccc1[N+](=O)[O-]. The Hall–Kier alpha value is -2.88. The predicted molar refractivity (Wildman–Crippen MR) is 73.2 cm³/mol. The Bertz CT molecular complexity index is 672. The van der Waals surface area contributed by atoms with Gasteiger partial charge >= 0.3 is 0 Å². The lowest BCUT2D eigenvalue weighted by atomic mass is 10.2. The maximum atomic E-state index is 10.9. The van der Waals surface area contributed by atoms with Gasteiger partial charge in [-0.1, -0.05) is 0 Å². The van der Waals surface area contributed by atoms with Crippen LogP contribution in [0.2, 0.25) is 0 Å². The second kappa shape index (κ2) is 5.84. The molecule has 0 aliphatic rings. The van der Waals surface area contributed by atoms with E-state index in [1.807, 2.05) is 23.9 Å². The minimum absolute atomic E-state index is 0.0381. The average molecular weight is 271 g/mol. The third-order valence-electron chi connectivity index (χ3n) is 2.91. The van der Waals surface area contributed by atoms with E-state index in [2.05, 4.69) is 10.3 Å². The average Bonchev–Trinajstić information content (AvgIpc) is 2.84. The number of nitro benzene ring substituents is 1. The molecule has 1 aromatic heterocycles. The lowest BCUT2D eigenvalue weighted by molar-refractivity contribution is -0.384. The zero-order chi connectivity index (χ0) is 14.5. The maximum Gasteiger partial charge on any atom is 0.292 e. The Morgan fingerprint density at radius 1 is 1.55 bits per heavy atom. The summed E-state index contributed by atoms with van der Waals surface area (Å²) in [5, 5.41) is 22.8. The monoisotopic (exact) mass is 271 g/mol. The highest BCUT2D eigenvalue weighted by Gasteiger charge is 2.14. The fourth-order valence-electron chi connectivity index (χ4n) is 1.85. The lowest BCUT2D eigenvalue weighted by Crippen LogP contribution is -2.10. The summed E-state index contributed by atoms with van der Waals surface area (Å²) in [5.74, 6) is 0.886. The van der Waals surface area contributed by atoms with E-state index in [0.717, 1.165) is 5.82 Å². The standard InChI is InChI=1S/C13H13N5O2/c1-17-7-6-16-13(17)4-5-15-11-8-10(9-14)2-3-12(11)18(19)20/h2-3,6-8,15H,4-5H2,1H3. The number of aryl methyl sites for hydroxylation is 1. The van der Waals surface area contributed by atoms with Gasteiger partial charge in [0, 0.05) is 38.5 Å². The molecule has 0 bridgehead atoms. The van der Waals surface area contributed by atoms with Crippen molar-refractivity contribution in [1.82, 2.24) is 9.55 Å². The Kier molecular flexibility index (Phi) is 3.96. The molecule has 1 aromatic carbocycles. The van der Waals surface area contributed by atoms with E-state index in [1.54, 1.807) is 6.20 Å². The van der Waals surface area contributed by atoms with E-state index < -0.39 is 4.92 Å². The fraction of sp³-hybridized carbons (Fsp3) is 0.231. The van der Waals surface area contributed by atoms with Gasteiger partial charge in [0.1, 0.15) is 11.5 Å². The molecule has 7 nitrogen and oxygen atoms in total. The molecular weight excluding hydrogens is 258 g/mol. The van der Waals surface area contributed by atoms with Crippen molar-refractivity contribution in [3.05, 3.63) is 52.1 Å². The summed E-state index contributed by atoms with van der Waals surface area (Å²) in [6.45, 7) is 0.501. The molecule has 0 aliphatic heterocycles. The first-order valence-corrected chi connectivity index (χ1v) is 6.00. The van der Waals surface area contributed by atoms with Crippen molar-refractivity contribution >= 4 is 11.4 Å². The Balaban J connectivity index is 2.10. The second-order valence-corrected chi connectivity index (χ2v) is 4.23. The van der Waals surface area contributed by atoms with E-state index in [-0.39, 0.29) is 5.69 Å². The number of hydrogen-bond donors (Lipinski definition) is 1. The van der Waals surface area contributed by atoms with E-state index in [0.29, 0.717) is 24.2 Å². The molecule has 0 aliphatic carbocycles. The topological polar surface area (TPSA) is 96.8 Å². The van der Waals surface area contributed by atoms with Crippen LogP contribution in [0.25, 0.3) is 0 Å². The van der Waals surface area contributed by atoms with E-state index in [9.17, 15) is 10.1 Å². The van der Waals surface area contributed by atoms with Crippen LogP contribution in [0, 0.1) is 21.4 Å². The van der Waals surface area contributed by atoms with Gasteiger partial charge in [0.2, 0.25) is 0 Å². The zero-order valence-corrected chi connectivity index (χ0v) is 10.9. The van der Waals surface area contributed by atoms with Crippen molar-refractivity contribution in [2.45, 2.75) is 6.42 Å². The molecular formula is C13H13N5O2. The van der Waals surface area contributed by atoms with E-state index >= 15 is 0 Å². The number of imidazole rings is 1. The number of anilines is 1. The van der Waals surface area contributed by atoms with Crippen molar-refractivity contribution in [3.8, 4) is 6.07 Å². The normalized spacial score (nSPS) is 10.0. The van der Waals surface area contributed by atoms with Gasteiger partial charge in [-0.05, 0) is 12.1 Å². The van der Waals surface area contributed by atoms with Gasteiger partial charge in [0.15, 0.2) is 0 Å². The first kappa shape index (κ1) is 13.5. The van der Waals surface area contributed by atoms with Crippen molar-refractivity contribution < 1.29 is 4.92 Å². The smallest absolute Gasteiger partial charge is 0.292 e. The second-order valence-electron chi connectivity index (χ2n) is 4.23. The molecule has 1 heterocycles. The molecule has 0 spiro atoms. The van der Waals surface area contributed by atoms with Crippen LogP contribution in [-0.2, 0) is 13.5 Å². The number of aromatic nitrogens is 2. The van der Waals surface area contributed by atoms with E-state index in [1.165, 1.54) is 18.2 Å². The molecule has 1 N–H and O–H groups in total.